The average molecular weight is 160 g/mol. The quantitative estimate of drug-likeness (QED) is 0.584. The van der Waals surface area contributed by atoms with Crippen molar-refractivity contribution < 1.29 is 4.79 Å². The molecule has 0 saturated heterocycles. The van der Waals surface area contributed by atoms with E-state index in [4.69, 9.17) is 5.26 Å². The van der Waals surface area contributed by atoms with E-state index in [1.807, 2.05) is 6.07 Å². The molecule has 0 bridgehead atoms. The number of Topliss-reactive ketones (excluding diaryl/α,β-unsaturated/α-hetero) is 1. The van der Waals surface area contributed by atoms with Crippen LogP contribution in [0.4, 0.5) is 0 Å². The Bertz CT molecular complexity index is 363. The minimum absolute atomic E-state index is 0.0704. The van der Waals surface area contributed by atoms with Crippen molar-refractivity contribution in [3.05, 3.63) is 29.1 Å². The molecular formula is C9H8N2O. The first kappa shape index (κ1) is 8.41. The summed E-state index contributed by atoms with van der Waals surface area (Å²) in [6.07, 6.45) is 1.48. The third-order valence-electron chi connectivity index (χ3n) is 1.61. The molecule has 0 radical (unpaired) electrons. The van der Waals surface area contributed by atoms with Crippen molar-refractivity contribution in [2.24, 2.45) is 0 Å². The molecule has 0 aliphatic carbocycles. The Morgan fingerprint density at radius 3 is 2.83 bits per heavy atom. The molecule has 0 N–H and O–H groups in total. The fraction of sp³-hybridized carbons (Fsp3) is 0.222. The molecule has 1 aromatic rings. The molecule has 0 atom stereocenters. The summed E-state index contributed by atoms with van der Waals surface area (Å²) in [5.74, 6) is -0.0704. The van der Waals surface area contributed by atoms with Gasteiger partial charge in [0.2, 0.25) is 0 Å². The Morgan fingerprint density at radius 2 is 2.33 bits per heavy atom. The molecule has 60 valence electrons. The number of hydrogen-bond acceptors (Lipinski definition) is 3. The van der Waals surface area contributed by atoms with Gasteiger partial charge in [-0.1, -0.05) is 0 Å². The Morgan fingerprint density at radius 1 is 1.67 bits per heavy atom. The van der Waals surface area contributed by atoms with E-state index in [0.717, 1.165) is 0 Å². The van der Waals surface area contributed by atoms with Gasteiger partial charge < -0.3 is 0 Å². The van der Waals surface area contributed by atoms with Crippen molar-refractivity contribution in [1.29, 1.82) is 5.26 Å². The molecule has 12 heavy (non-hydrogen) atoms. The summed E-state index contributed by atoms with van der Waals surface area (Å²) < 4.78 is 0. The summed E-state index contributed by atoms with van der Waals surface area (Å²) in [5.41, 5.74) is 1.60. The Labute approximate surface area is 70.7 Å². The number of aryl methyl sites for hydroxylation is 1. The lowest BCUT2D eigenvalue weighted by Gasteiger charge is -1.97. The number of carbonyl (C=O) groups excluding carboxylic acids is 1. The molecule has 0 aliphatic rings. The second kappa shape index (κ2) is 3.14. The predicted molar refractivity (Wildman–Crippen MR) is 43.7 cm³/mol. The van der Waals surface area contributed by atoms with Crippen molar-refractivity contribution in [1.82, 2.24) is 4.98 Å². The second-order valence-corrected chi connectivity index (χ2v) is 2.52. The zero-order valence-electron chi connectivity index (χ0n) is 6.96. The Hall–Kier alpha value is -1.69. The van der Waals surface area contributed by atoms with E-state index >= 15 is 0 Å². The average Bonchev–Trinajstić information content (AvgIpc) is 2.05. The zero-order chi connectivity index (χ0) is 9.14. The van der Waals surface area contributed by atoms with Crippen molar-refractivity contribution in [3.63, 3.8) is 0 Å². The molecule has 0 aliphatic heterocycles. The fourth-order valence-corrected chi connectivity index (χ4v) is 0.839. The maximum atomic E-state index is 10.9. The Kier molecular flexibility index (Phi) is 2.20. The second-order valence-electron chi connectivity index (χ2n) is 2.52. The number of aromatic nitrogens is 1. The van der Waals surface area contributed by atoms with Crippen LogP contribution in [0.2, 0.25) is 0 Å². The minimum atomic E-state index is -0.0704. The predicted octanol–water partition coefficient (Wildman–Crippen LogP) is 1.46. The van der Waals surface area contributed by atoms with E-state index in [0.29, 0.717) is 16.8 Å². The molecule has 1 heterocycles. The zero-order valence-corrected chi connectivity index (χ0v) is 6.96. The number of ketones is 1. The van der Waals surface area contributed by atoms with Crippen LogP contribution in [0.1, 0.15) is 28.5 Å². The highest BCUT2D eigenvalue weighted by atomic mass is 16.1. The van der Waals surface area contributed by atoms with E-state index in [-0.39, 0.29) is 5.78 Å². The molecule has 0 amide bonds. The molecule has 0 aromatic carbocycles. The molecule has 0 saturated carbocycles. The number of nitrogens with zero attached hydrogens (tertiary/aromatic N) is 2. The molecule has 3 nitrogen and oxygen atoms in total. The van der Waals surface area contributed by atoms with Gasteiger partial charge in [0.25, 0.3) is 0 Å². The maximum absolute atomic E-state index is 10.9. The fourth-order valence-electron chi connectivity index (χ4n) is 0.839. The standard InChI is InChI=1S/C9H8N2O/c1-6-8(4-10)3-9(5-11-6)7(2)12/h3,5H,1-2H3. The molecule has 1 aromatic heterocycles. The molecule has 0 fully saturated rings. The van der Waals surface area contributed by atoms with E-state index in [9.17, 15) is 4.79 Å². The van der Waals surface area contributed by atoms with Crippen LogP contribution in [0.3, 0.4) is 0 Å². The normalized spacial score (nSPS) is 9.08. The van der Waals surface area contributed by atoms with Gasteiger partial charge >= 0.3 is 0 Å². The molecule has 3 heteroatoms. The number of hydrogen-bond donors (Lipinski definition) is 0. The summed E-state index contributed by atoms with van der Waals surface area (Å²) in [7, 11) is 0. The van der Waals surface area contributed by atoms with Gasteiger partial charge in [0.05, 0.1) is 11.3 Å². The highest BCUT2D eigenvalue weighted by Gasteiger charge is 2.03. The topological polar surface area (TPSA) is 53.8 Å². The lowest BCUT2D eigenvalue weighted by atomic mass is 10.1. The third-order valence-corrected chi connectivity index (χ3v) is 1.61. The number of rotatable bonds is 1. The van der Waals surface area contributed by atoms with Crippen LogP contribution < -0.4 is 0 Å². The third kappa shape index (κ3) is 1.48. The van der Waals surface area contributed by atoms with Gasteiger partial charge in [-0.25, -0.2) is 0 Å². The van der Waals surface area contributed by atoms with E-state index in [2.05, 4.69) is 4.98 Å². The van der Waals surface area contributed by atoms with E-state index in [1.54, 1.807) is 13.0 Å². The summed E-state index contributed by atoms with van der Waals surface area (Å²) in [6.45, 7) is 3.19. The minimum Gasteiger partial charge on any atom is -0.294 e. The maximum Gasteiger partial charge on any atom is 0.161 e. The van der Waals surface area contributed by atoms with Crippen molar-refractivity contribution in [3.8, 4) is 6.07 Å². The van der Waals surface area contributed by atoms with Crippen molar-refractivity contribution >= 4 is 5.78 Å². The molecule has 0 unspecified atom stereocenters. The lowest BCUT2D eigenvalue weighted by Crippen LogP contribution is -1.96. The monoisotopic (exact) mass is 160 g/mol. The van der Waals surface area contributed by atoms with Gasteiger partial charge in [0.1, 0.15) is 6.07 Å². The number of nitriles is 1. The first-order chi connectivity index (χ1) is 5.65. The van der Waals surface area contributed by atoms with Crippen LogP contribution in [-0.4, -0.2) is 10.8 Å². The van der Waals surface area contributed by atoms with Gasteiger partial charge in [-0.3, -0.25) is 9.78 Å². The SMILES string of the molecule is CC(=O)c1cnc(C)c(C#N)c1. The smallest absolute Gasteiger partial charge is 0.161 e. The van der Waals surface area contributed by atoms with Gasteiger partial charge in [0.15, 0.2) is 5.78 Å². The molecular weight excluding hydrogens is 152 g/mol. The van der Waals surface area contributed by atoms with Gasteiger partial charge in [-0.2, -0.15) is 5.26 Å². The summed E-state index contributed by atoms with van der Waals surface area (Å²) in [6, 6.07) is 3.54. The molecule has 1 rings (SSSR count). The van der Waals surface area contributed by atoms with Gasteiger partial charge in [0, 0.05) is 11.8 Å². The van der Waals surface area contributed by atoms with Crippen LogP contribution in [0.5, 0.6) is 0 Å². The van der Waals surface area contributed by atoms with Crippen molar-refractivity contribution in [2.45, 2.75) is 13.8 Å². The summed E-state index contributed by atoms with van der Waals surface area (Å²) in [5, 5.41) is 8.62. The first-order valence-electron chi connectivity index (χ1n) is 3.53. The van der Waals surface area contributed by atoms with E-state index < -0.39 is 0 Å². The lowest BCUT2D eigenvalue weighted by molar-refractivity contribution is 0.101. The number of pyridine rings is 1. The largest absolute Gasteiger partial charge is 0.294 e. The van der Waals surface area contributed by atoms with Crippen LogP contribution >= 0.6 is 0 Å². The highest BCUT2D eigenvalue weighted by Crippen LogP contribution is 2.06. The Balaban J connectivity index is 3.25. The van der Waals surface area contributed by atoms with Gasteiger partial charge in [-0.15, -0.1) is 0 Å². The summed E-state index contributed by atoms with van der Waals surface area (Å²) in [4.78, 5) is 14.8. The van der Waals surface area contributed by atoms with Gasteiger partial charge in [-0.05, 0) is 19.9 Å². The first-order valence-corrected chi connectivity index (χ1v) is 3.53. The van der Waals surface area contributed by atoms with Crippen molar-refractivity contribution in [2.75, 3.05) is 0 Å². The van der Waals surface area contributed by atoms with E-state index in [1.165, 1.54) is 13.1 Å². The van der Waals surface area contributed by atoms with Crippen LogP contribution in [0.15, 0.2) is 12.3 Å². The van der Waals surface area contributed by atoms with Crippen LogP contribution in [0.25, 0.3) is 0 Å². The van der Waals surface area contributed by atoms with Crippen LogP contribution in [-0.2, 0) is 0 Å². The van der Waals surface area contributed by atoms with Crippen LogP contribution in [0, 0.1) is 18.3 Å². The highest BCUT2D eigenvalue weighted by molar-refractivity contribution is 5.94. The summed E-state index contributed by atoms with van der Waals surface area (Å²) >= 11 is 0. The molecule has 0 spiro atoms. The number of carbonyl (C=O) groups is 1.